The lowest BCUT2D eigenvalue weighted by molar-refractivity contribution is -0.137. The highest BCUT2D eigenvalue weighted by Gasteiger charge is 2.40. The predicted octanol–water partition coefficient (Wildman–Crippen LogP) is 0.959. The molecule has 94 valence electrons. The van der Waals surface area contributed by atoms with Crippen molar-refractivity contribution in [3.63, 3.8) is 0 Å². The minimum Gasteiger partial charge on any atom is -0.481 e. The molecule has 0 atom stereocenters. The summed E-state index contributed by atoms with van der Waals surface area (Å²) in [6.07, 6.45) is 2.17. The van der Waals surface area contributed by atoms with Gasteiger partial charge in [-0.1, -0.05) is 0 Å². The molecule has 0 bridgehead atoms. The third-order valence-corrected chi connectivity index (χ3v) is 4.48. The summed E-state index contributed by atoms with van der Waals surface area (Å²) in [6, 6.07) is 0. The van der Waals surface area contributed by atoms with E-state index in [9.17, 15) is 13.2 Å². The van der Waals surface area contributed by atoms with Crippen LogP contribution in [0.2, 0.25) is 0 Å². The smallest absolute Gasteiger partial charge is 0.303 e. The maximum atomic E-state index is 11.7. The zero-order chi connectivity index (χ0) is 12.4. The number of sulfonamides is 1. The van der Waals surface area contributed by atoms with Crippen LogP contribution < -0.4 is 4.72 Å². The zero-order valence-electron chi connectivity index (χ0n) is 9.69. The fraction of sp³-hybridized carbons (Fsp3) is 0.900. The lowest BCUT2D eigenvalue weighted by Crippen LogP contribution is -2.46. The van der Waals surface area contributed by atoms with E-state index in [0.717, 1.165) is 12.8 Å². The van der Waals surface area contributed by atoms with Gasteiger partial charge in [0.05, 0.1) is 5.75 Å². The Labute approximate surface area is 96.3 Å². The summed E-state index contributed by atoms with van der Waals surface area (Å²) in [4.78, 5) is 10.3. The Bertz CT molecular complexity index is 357. The topological polar surface area (TPSA) is 83.5 Å². The van der Waals surface area contributed by atoms with Crippen molar-refractivity contribution in [3.05, 3.63) is 0 Å². The van der Waals surface area contributed by atoms with Gasteiger partial charge in [0.15, 0.2) is 0 Å². The van der Waals surface area contributed by atoms with Gasteiger partial charge in [-0.3, -0.25) is 4.79 Å². The second-order valence-corrected chi connectivity index (χ2v) is 6.76. The van der Waals surface area contributed by atoms with Gasteiger partial charge in [-0.05, 0) is 39.0 Å². The number of hydrogen-bond donors (Lipinski definition) is 2. The number of aliphatic carboxylic acids is 1. The average molecular weight is 249 g/mol. The standard InChI is InChI=1S/C10H19NO4S/c1-10(2,8-5-6-8)11-16(14,15)7-3-4-9(12)13/h8,11H,3-7H2,1-2H3,(H,12,13). The second-order valence-electron chi connectivity index (χ2n) is 4.91. The van der Waals surface area contributed by atoms with Crippen molar-refractivity contribution in [2.24, 2.45) is 5.92 Å². The maximum absolute atomic E-state index is 11.7. The van der Waals surface area contributed by atoms with Crippen molar-refractivity contribution in [2.45, 2.75) is 45.1 Å². The second kappa shape index (κ2) is 4.71. The molecule has 0 spiro atoms. The molecule has 1 rings (SSSR count). The van der Waals surface area contributed by atoms with Crippen molar-refractivity contribution < 1.29 is 18.3 Å². The highest BCUT2D eigenvalue weighted by Crippen LogP contribution is 2.39. The lowest BCUT2D eigenvalue weighted by atomic mass is 10.0. The van der Waals surface area contributed by atoms with E-state index in [-0.39, 0.29) is 18.6 Å². The van der Waals surface area contributed by atoms with E-state index in [1.807, 2.05) is 13.8 Å². The molecule has 0 saturated heterocycles. The third kappa shape index (κ3) is 4.49. The molecule has 16 heavy (non-hydrogen) atoms. The lowest BCUT2D eigenvalue weighted by Gasteiger charge is -2.25. The average Bonchev–Trinajstić information content (AvgIpc) is 2.80. The Hall–Kier alpha value is -0.620. The molecule has 0 unspecified atom stereocenters. The quantitative estimate of drug-likeness (QED) is 0.704. The molecule has 0 amide bonds. The van der Waals surface area contributed by atoms with Crippen LogP contribution in [0, 0.1) is 5.92 Å². The summed E-state index contributed by atoms with van der Waals surface area (Å²) in [5, 5.41) is 8.43. The van der Waals surface area contributed by atoms with E-state index < -0.39 is 21.5 Å². The highest BCUT2D eigenvalue weighted by molar-refractivity contribution is 7.89. The van der Waals surface area contributed by atoms with E-state index in [4.69, 9.17) is 5.11 Å². The van der Waals surface area contributed by atoms with Gasteiger partial charge >= 0.3 is 5.97 Å². The molecular weight excluding hydrogens is 230 g/mol. The Morgan fingerprint density at radius 2 is 2.00 bits per heavy atom. The van der Waals surface area contributed by atoms with Gasteiger partial charge in [0.2, 0.25) is 10.0 Å². The van der Waals surface area contributed by atoms with Crippen molar-refractivity contribution in [1.82, 2.24) is 4.72 Å². The Morgan fingerprint density at radius 3 is 2.44 bits per heavy atom. The maximum Gasteiger partial charge on any atom is 0.303 e. The van der Waals surface area contributed by atoms with Crippen LogP contribution in [0.1, 0.15) is 39.5 Å². The molecule has 5 nitrogen and oxygen atoms in total. The molecule has 6 heteroatoms. The van der Waals surface area contributed by atoms with Crippen LogP contribution in [0.15, 0.2) is 0 Å². The Morgan fingerprint density at radius 1 is 1.44 bits per heavy atom. The SMILES string of the molecule is CC(C)(NS(=O)(=O)CCCC(=O)O)C1CC1. The van der Waals surface area contributed by atoms with Crippen molar-refractivity contribution in [3.8, 4) is 0 Å². The monoisotopic (exact) mass is 249 g/mol. The van der Waals surface area contributed by atoms with E-state index in [1.165, 1.54) is 0 Å². The molecule has 0 aromatic heterocycles. The molecule has 0 aromatic carbocycles. The number of hydrogen-bond acceptors (Lipinski definition) is 3. The number of carboxylic acids is 1. The molecule has 0 aliphatic heterocycles. The zero-order valence-corrected chi connectivity index (χ0v) is 10.5. The van der Waals surface area contributed by atoms with E-state index >= 15 is 0 Å². The van der Waals surface area contributed by atoms with Crippen LogP contribution >= 0.6 is 0 Å². The normalized spacial score (nSPS) is 17.4. The number of rotatable bonds is 7. The van der Waals surface area contributed by atoms with Crippen LogP contribution in [-0.4, -0.2) is 30.8 Å². The van der Waals surface area contributed by atoms with Gasteiger partial charge in [0.25, 0.3) is 0 Å². The molecular formula is C10H19NO4S. The van der Waals surface area contributed by atoms with Gasteiger partial charge in [-0.25, -0.2) is 13.1 Å². The van der Waals surface area contributed by atoms with Crippen molar-refractivity contribution in [2.75, 3.05) is 5.75 Å². The molecule has 1 saturated carbocycles. The first-order valence-corrected chi connectivity index (χ1v) is 7.11. The highest BCUT2D eigenvalue weighted by atomic mass is 32.2. The molecule has 1 aliphatic carbocycles. The summed E-state index contributed by atoms with van der Waals surface area (Å²) in [5.41, 5.74) is -0.401. The minimum atomic E-state index is -3.35. The first-order chi connectivity index (χ1) is 7.23. The van der Waals surface area contributed by atoms with Crippen LogP contribution in [0.25, 0.3) is 0 Å². The van der Waals surface area contributed by atoms with Crippen molar-refractivity contribution in [1.29, 1.82) is 0 Å². The molecule has 2 N–H and O–H groups in total. The van der Waals surface area contributed by atoms with Crippen molar-refractivity contribution >= 4 is 16.0 Å². The van der Waals surface area contributed by atoms with Gasteiger partial charge in [0.1, 0.15) is 0 Å². The predicted molar refractivity (Wildman–Crippen MR) is 60.6 cm³/mol. The molecule has 1 aliphatic rings. The van der Waals surface area contributed by atoms with Gasteiger partial charge in [-0.2, -0.15) is 0 Å². The summed E-state index contributed by atoms with van der Waals surface area (Å²) >= 11 is 0. The largest absolute Gasteiger partial charge is 0.481 e. The van der Waals surface area contributed by atoms with E-state index in [1.54, 1.807) is 0 Å². The first kappa shape index (κ1) is 13.4. The number of carbonyl (C=O) groups is 1. The number of nitrogens with one attached hydrogen (secondary N) is 1. The van der Waals surface area contributed by atoms with Gasteiger partial charge < -0.3 is 5.11 Å². The van der Waals surface area contributed by atoms with E-state index in [2.05, 4.69) is 4.72 Å². The molecule has 0 radical (unpaired) electrons. The van der Waals surface area contributed by atoms with Crippen LogP contribution in [0.3, 0.4) is 0 Å². The van der Waals surface area contributed by atoms with Crippen LogP contribution in [-0.2, 0) is 14.8 Å². The van der Waals surface area contributed by atoms with Crippen LogP contribution in [0.5, 0.6) is 0 Å². The summed E-state index contributed by atoms with van der Waals surface area (Å²) in [6.45, 7) is 3.75. The van der Waals surface area contributed by atoms with E-state index in [0.29, 0.717) is 5.92 Å². The minimum absolute atomic E-state index is 0.106. The molecule has 0 aromatic rings. The third-order valence-electron chi connectivity index (χ3n) is 2.82. The Balaban J connectivity index is 2.41. The van der Waals surface area contributed by atoms with Crippen LogP contribution in [0.4, 0.5) is 0 Å². The summed E-state index contributed by atoms with van der Waals surface area (Å²) in [7, 11) is -3.35. The van der Waals surface area contributed by atoms with Gasteiger partial charge in [0, 0.05) is 12.0 Å². The molecule has 0 heterocycles. The van der Waals surface area contributed by atoms with Gasteiger partial charge in [-0.15, -0.1) is 0 Å². The summed E-state index contributed by atoms with van der Waals surface area (Å²) in [5.74, 6) is -0.659. The molecule has 1 fully saturated rings. The summed E-state index contributed by atoms with van der Waals surface area (Å²) < 4.78 is 26.0. The Kier molecular flexibility index (Phi) is 3.96. The fourth-order valence-electron chi connectivity index (χ4n) is 1.75. The first-order valence-electron chi connectivity index (χ1n) is 5.46. The fourth-order valence-corrected chi connectivity index (χ4v) is 3.35. The number of carboxylic acid groups (broad SMARTS) is 1.